The Morgan fingerprint density at radius 1 is 1.07 bits per heavy atom. The molecule has 2 aromatic carbocycles. The summed E-state index contributed by atoms with van der Waals surface area (Å²) in [5.41, 5.74) is 2.55. The van der Waals surface area contributed by atoms with E-state index in [-0.39, 0.29) is 23.5 Å². The number of halogens is 4. The Morgan fingerprint density at radius 2 is 1.83 bits per heavy atom. The van der Waals surface area contributed by atoms with Gasteiger partial charge in [0.2, 0.25) is 0 Å². The highest BCUT2D eigenvalue weighted by molar-refractivity contribution is 5.39. The van der Waals surface area contributed by atoms with Crippen molar-refractivity contribution in [1.29, 1.82) is 0 Å². The van der Waals surface area contributed by atoms with Crippen LogP contribution in [-0.4, -0.2) is 6.61 Å². The fourth-order valence-electron chi connectivity index (χ4n) is 5.73. The molecule has 2 aliphatic rings. The topological polar surface area (TPSA) is 9.23 Å². The van der Waals surface area contributed by atoms with Gasteiger partial charge in [-0.15, -0.1) is 6.58 Å². The highest BCUT2D eigenvalue weighted by Gasteiger charge is 2.43. The van der Waals surface area contributed by atoms with Gasteiger partial charge in [0.1, 0.15) is 17.4 Å². The van der Waals surface area contributed by atoms with E-state index < -0.39 is 18.2 Å². The molecule has 0 spiro atoms. The molecule has 1 fully saturated rings. The molecule has 0 amide bonds. The van der Waals surface area contributed by atoms with Crippen LogP contribution in [0.2, 0.25) is 0 Å². The molecular weight excluding hydrogens is 392 g/mol. The second-order valence-corrected chi connectivity index (χ2v) is 8.44. The zero-order valence-corrected chi connectivity index (χ0v) is 16.8. The number of allylic oxidation sites excluding steroid dienone is 1. The summed E-state index contributed by atoms with van der Waals surface area (Å²) in [4.78, 5) is 0. The summed E-state index contributed by atoms with van der Waals surface area (Å²) in [7, 11) is 0. The number of ether oxygens (including phenoxy) is 1. The molecule has 2 aliphatic carbocycles. The molecule has 1 nitrogen and oxygen atoms in total. The molecule has 30 heavy (non-hydrogen) atoms. The van der Waals surface area contributed by atoms with Crippen molar-refractivity contribution in [2.75, 3.05) is 0 Å². The van der Waals surface area contributed by atoms with E-state index in [9.17, 15) is 17.6 Å². The molecule has 0 aromatic heterocycles. The molecule has 4 atom stereocenters. The van der Waals surface area contributed by atoms with Crippen molar-refractivity contribution in [2.45, 2.75) is 57.0 Å². The lowest BCUT2D eigenvalue weighted by Gasteiger charge is -2.47. The standard InChI is InChI=1S/C25H26F4O/c1-2-3-4-15-7-10-19-21(12-11-20-22(19)13-17(26)14-23(20)27)24(15)16-5-8-18(9-6-16)30-25(28)29/h2,5-6,8-9,13-15,19,21,24-25H,1,3-4,7,10-12H2/t15-,19-,21+,24-/m1/s1. The van der Waals surface area contributed by atoms with E-state index in [1.54, 1.807) is 12.1 Å². The maximum absolute atomic E-state index is 14.4. The van der Waals surface area contributed by atoms with Crippen LogP contribution in [0, 0.1) is 23.5 Å². The van der Waals surface area contributed by atoms with Crippen LogP contribution < -0.4 is 4.74 Å². The SMILES string of the molecule is C=CCC[C@@H]1CC[C@H]2c3cc(F)cc(F)c3CC[C@@H]2[C@H]1c1ccc(OC(F)F)cc1. The molecular formula is C25H26F4O. The van der Waals surface area contributed by atoms with E-state index in [0.717, 1.165) is 49.3 Å². The fraction of sp³-hybridized carbons (Fsp3) is 0.440. The van der Waals surface area contributed by atoms with Crippen LogP contribution in [0.1, 0.15) is 60.6 Å². The largest absolute Gasteiger partial charge is 0.435 e. The van der Waals surface area contributed by atoms with E-state index in [1.807, 2.05) is 18.2 Å². The van der Waals surface area contributed by atoms with Crippen molar-refractivity contribution in [3.05, 3.63) is 77.4 Å². The van der Waals surface area contributed by atoms with Crippen LogP contribution in [0.4, 0.5) is 17.6 Å². The van der Waals surface area contributed by atoms with Gasteiger partial charge in [-0.25, -0.2) is 8.78 Å². The molecule has 0 unspecified atom stereocenters. The molecule has 0 radical (unpaired) electrons. The Hall–Kier alpha value is -2.30. The zero-order valence-electron chi connectivity index (χ0n) is 16.8. The maximum Gasteiger partial charge on any atom is 0.387 e. The Labute approximate surface area is 174 Å². The van der Waals surface area contributed by atoms with Gasteiger partial charge in [0.25, 0.3) is 0 Å². The van der Waals surface area contributed by atoms with Gasteiger partial charge in [0.15, 0.2) is 0 Å². The monoisotopic (exact) mass is 418 g/mol. The maximum atomic E-state index is 14.4. The third kappa shape index (κ3) is 4.12. The summed E-state index contributed by atoms with van der Waals surface area (Å²) in [6, 6.07) is 9.41. The first-order chi connectivity index (χ1) is 14.5. The fourth-order valence-corrected chi connectivity index (χ4v) is 5.73. The Bertz CT molecular complexity index is 893. The minimum absolute atomic E-state index is 0.112. The van der Waals surface area contributed by atoms with Gasteiger partial charge in [-0.1, -0.05) is 18.2 Å². The van der Waals surface area contributed by atoms with Crippen molar-refractivity contribution in [1.82, 2.24) is 0 Å². The third-order valence-electron chi connectivity index (χ3n) is 6.89. The summed E-state index contributed by atoms with van der Waals surface area (Å²) < 4.78 is 57.9. The molecule has 0 bridgehead atoms. The normalized spacial score (nSPS) is 25.5. The average Bonchev–Trinajstić information content (AvgIpc) is 2.71. The molecule has 0 saturated heterocycles. The number of benzene rings is 2. The van der Waals surface area contributed by atoms with Crippen LogP contribution >= 0.6 is 0 Å². The van der Waals surface area contributed by atoms with Gasteiger partial charge in [0.05, 0.1) is 0 Å². The molecule has 0 aliphatic heterocycles. The number of hydrogen-bond acceptors (Lipinski definition) is 1. The summed E-state index contributed by atoms with van der Waals surface area (Å²) in [6.45, 7) is 0.990. The number of hydrogen-bond donors (Lipinski definition) is 0. The van der Waals surface area contributed by atoms with E-state index in [4.69, 9.17) is 0 Å². The molecule has 2 aromatic rings. The van der Waals surface area contributed by atoms with E-state index in [2.05, 4.69) is 11.3 Å². The van der Waals surface area contributed by atoms with Crippen molar-refractivity contribution in [2.24, 2.45) is 11.8 Å². The Kier molecular flexibility index (Phi) is 6.16. The van der Waals surface area contributed by atoms with Crippen molar-refractivity contribution >= 4 is 0 Å². The highest BCUT2D eigenvalue weighted by atomic mass is 19.3. The molecule has 0 heterocycles. The zero-order chi connectivity index (χ0) is 21.3. The van der Waals surface area contributed by atoms with Gasteiger partial charge in [0, 0.05) is 6.07 Å². The first kappa shape index (κ1) is 21.0. The summed E-state index contributed by atoms with van der Waals surface area (Å²) >= 11 is 0. The van der Waals surface area contributed by atoms with Gasteiger partial charge in [-0.05, 0) is 97.1 Å². The Morgan fingerprint density at radius 3 is 2.53 bits per heavy atom. The van der Waals surface area contributed by atoms with Crippen LogP contribution in [0.15, 0.2) is 49.1 Å². The number of rotatable bonds is 6. The van der Waals surface area contributed by atoms with Gasteiger partial charge in [-0.2, -0.15) is 8.78 Å². The molecule has 0 N–H and O–H groups in total. The molecule has 5 heteroatoms. The number of alkyl halides is 2. The van der Waals surface area contributed by atoms with Crippen molar-refractivity contribution in [3.8, 4) is 5.75 Å². The average molecular weight is 418 g/mol. The summed E-state index contributed by atoms with van der Waals surface area (Å²) in [6.07, 6.45) is 7.13. The lowest BCUT2D eigenvalue weighted by Crippen LogP contribution is -2.35. The lowest BCUT2D eigenvalue weighted by molar-refractivity contribution is -0.0498. The number of fused-ring (bicyclic) bond motifs is 3. The van der Waals surface area contributed by atoms with Crippen molar-refractivity contribution in [3.63, 3.8) is 0 Å². The predicted molar refractivity (Wildman–Crippen MR) is 109 cm³/mol. The van der Waals surface area contributed by atoms with Crippen LogP contribution in [0.25, 0.3) is 0 Å². The third-order valence-corrected chi connectivity index (χ3v) is 6.89. The van der Waals surface area contributed by atoms with Gasteiger partial charge in [-0.3, -0.25) is 0 Å². The van der Waals surface area contributed by atoms with E-state index in [0.29, 0.717) is 17.9 Å². The summed E-state index contributed by atoms with van der Waals surface area (Å²) in [5.74, 6) is 0.190. The van der Waals surface area contributed by atoms with Crippen LogP contribution in [0.3, 0.4) is 0 Å². The predicted octanol–water partition coefficient (Wildman–Crippen LogP) is 7.37. The quantitative estimate of drug-likeness (QED) is 0.351. The summed E-state index contributed by atoms with van der Waals surface area (Å²) in [5, 5.41) is 0. The molecule has 1 saturated carbocycles. The molecule has 4 rings (SSSR count). The second-order valence-electron chi connectivity index (χ2n) is 8.44. The minimum Gasteiger partial charge on any atom is -0.435 e. The second kappa shape index (κ2) is 8.83. The lowest BCUT2D eigenvalue weighted by atomic mass is 9.57. The van der Waals surface area contributed by atoms with Crippen LogP contribution in [0.5, 0.6) is 5.75 Å². The highest BCUT2D eigenvalue weighted by Crippen LogP contribution is 2.55. The molecule has 160 valence electrons. The van der Waals surface area contributed by atoms with Crippen LogP contribution in [-0.2, 0) is 6.42 Å². The smallest absolute Gasteiger partial charge is 0.387 e. The van der Waals surface area contributed by atoms with E-state index in [1.165, 1.54) is 6.07 Å². The minimum atomic E-state index is -2.85. The van der Waals surface area contributed by atoms with Gasteiger partial charge >= 0.3 is 6.61 Å². The van der Waals surface area contributed by atoms with Crippen molar-refractivity contribution < 1.29 is 22.3 Å². The Balaban J connectivity index is 1.68. The van der Waals surface area contributed by atoms with Gasteiger partial charge < -0.3 is 4.74 Å². The first-order valence-electron chi connectivity index (χ1n) is 10.6. The van der Waals surface area contributed by atoms with E-state index >= 15 is 0 Å². The first-order valence-corrected chi connectivity index (χ1v) is 10.6.